The van der Waals surface area contributed by atoms with Crippen LogP contribution in [-0.2, 0) is 0 Å². The zero-order valence-electron chi connectivity index (χ0n) is 8.77. The highest BCUT2D eigenvalue weighted by Gasteiger charge is 2.05. The van der Waals surface area contributed by atoms with Gasteiger partial charge in [-0.3, -0.25) is 0 Å². The van der Waals surface area contributed by atoms with Gasteiger partial charge < -0.3 is 15.7 Å². The van der Waals surface area contributed by atoms with E-state index in [1.54, 1.807) is 0 Å². The number of nitrogens with two attached hydrogens (primary N) is 1. The molecule has 0 aromatic heterocycles. The van der Waals surface area contributed by atoms with Crippen LogP contribution in [0.25, 0.3) is 0 Å². The molecule has 3 nitrogen and oxygen atoms in total. The Hall–Kier alpha value is -1.06. The van der Waals surface area contributed by atoms with Crippen LogP contribution in [0.2, 0.25) is 0 Å². The van der Waals surface area contributed by atoms with Gasteiger partial charge in [-0.1, -0.05) is 12.1 Å². The lowest BCUT2D eigenvalue weighted by Gasteiger charge is -2.16. The molecule has 1 rings (SSSR count). The molecule has 0 aliphatic rings. The van der Waals surface area contributed by atoms with Crippen molar-refractivity contribution in [2.45, 2.75) is 12.5 Å². The highest BCUT2D eigenvalue weighted by Crippen LogP contribution is 2.19. The third-order valence-corrected chi connectivity index (χ3v) is 2.25. The molecule has 3 heteroatoms. The fourth-order valence-corrected chi connectivity index (χ4v) is 1.34. The lowest BCUT2D eigenvalue weighted by molar-refractivity contribution is 0.276. The summed E-state index contributed by atoms with van der Waals surface area (Å²) < 4.78 is 0. The van der Waals surface area contributed by atoms with Gasteiger partial charge in [0.1, 0.15) is 0 Å². The average molecular weight is 194 g/mol. The summed E-state index contributed by atoms with van der Waals surface area (Å²) in [7, 11) is 3.99. The van der Waals surface area contributed by atoms with Gasteiger partial charge in [0.25, 0.3) is 0 Å². The van der Waals surface area contributed by atoms with E-state index in [0.717, 1.165) is 11.3 Å². The number of nitrogens with zero attached hydrogens (tertiary/aromatic N) is 1. The first-order valence-electron chi connectivity index (χ1n) is 4.79. The second kappa shape index (κ2) is 4.98. The molecule has 0 amide bonds. The Balaban J connectivity index is 2.82. The molecule has 0 aliphatic carbocycles. The largest absolute Gasteiger partial charge is 0.396 e. The predicted octanol–water partition coefficient (Wildman–Crippen LogP) is 1.13. The van der Waals surface area contributed by atoms with Crippen LogP contribution in [0.3, 0.4) is 0 Å². The molecule has 0 saturated heterocycles. The number of benzene rings is 1. The third-order valence-electron chi connectivity index (χ3n) is 2.25. The molecule has 1 atom stereocenters. The maximum atomic E-state index is 8.79. The quantitative estimate of drug-likeness (QED) is 0.755. The molecular weight excluding hydrogens is 176 g/mol. The van der Waals surface area contributed by atoms with E-state index in [1.165, 1.54) is 0 Å². The molecule has 14 heavy (non-hydrogen) atoms. The Bertz CT molecular complexity index is 286. The number of hydrogen-bond donors (Lipinski definition) is 2. The van der Waals surface area contributed by atoms with Crippen molar-refractivity contribution in [1.29, 1.82) is 0 Å². The van der Waals surface area contributed by atoms with E-state index in [1.807, 2.05) is 37.2 Å². The third kappa shape index (κ3) is 2.72. The van der Waals surface area contributed by atoms with Gasteiger partial charge in [0, 0.05) is 32.4 Å². The van der Waals surface area contributed by atoms with Gasteiger partial charge >= 0.3 is 0 Å². The van der Waals surface area contributed by atoms with Crippen molar-refractivity contribution in [2.24, 2.45) is 5.73 Å². The van der Waals surface area contributed by atoms with Crippen LogP contribution in [0, 0.1) is 0 Å². The Labute approximate surface area is 85.2 Å². The van der Waals surface area contributed by atoms with E-state index in [4.69, 9.17) is 10.8 Å². The second-order valence-electron chi connectivity index (χ2n) is 3.61. The summed E-state index contributed by atoms with van der Waals surface area (Å²) in [6.45, 7) is 0.132. The summed E-state index contributed by atoms with van der Waals surface area (Å²) in [6.07, 6.45) is 0.608. The van der Waals surface area contributed by atoms with Crippen molar-refractivity contribution >= 4 is 5.69 Å². The zero-order chi connectivity index (χ0) is 10.6. The fraction of sp³-hybridized carbons (Fsp3) is 0.455. The zero-order valence-corrected chi connectivity index (χ0v) is 8.77. The van der Waals surface area contributed by atoms with Crippen molar-refractivity contribution in [2.75, 3.05) is 25.6 Å². The van der Waals surface area contributed by atoms with Crippen molar-refractivity contribution in [3.8, 4) is 0 Å². The fourth-order valence-electron chi connectivity index (χ4n) is 1.34. The Morgan fingerprint density at radius 3 is 2.71 bits per heavy atom. The normalized spacial score (nSPS) is 12.6. The van der Waals surface area contributed by atoms with Crippen LogP contribution in [0.4, 0.5) is 5.69 Å². The maximum Gasteiger partial charge on any atom is 0.0449 e. The molecule has 0 spiro atoms. The van der Waals surface area contributed by atoms with Crippen molar-refractivity contribution in [1.82, 2.24) is 0 Å². The lowest BCUT2D eigenvalue weighted by Crippen LogP contribution is -2.14. The van der Waals surface area contributed by atoms with Crippen LogP contribution in [0.5, 0.6) is 0 Å². The van der Waals surface area contributed by atoms with Crippen molar-refractivity contribution in [3.63, 3.8) is 0 Å². The van der Waals surface area contributed by atoms with Gasteiger partial charge in [-0.2, -0.15) is 0 Å². The molecule has 78 valence electrons. The molecule has 3 N–H and O–H groups in total. The van der Waals surface area contributed by atoms with Gasteiger partial charge in [-0.15, -0.1) is 0 Å². The molecule has 1 aromatic rings. The smallest absolute Gasteiger partial charge is 0.0449 e. The standard InChI is InChI=1S/C11H18N2O/c1-13(2)10-5-3-4-9(8-10)11(12)6-7-14/h3-5,8,11,14H,6-7,12H2,1-2H3/t11-/m0/s1. The number of aliphatic hydroxyl groups is 1. The van der Waals surface area contributed by atoms with E-state index < -0.39 is 0 Å². The summed E-state index contributed by atoms with van der Waals surface area (Å²) in [5, 5.41) is 8.79. The topological polar surface area (TPSA) is 49.5 Å². The van der Waals surface area contributed by atoms with E-state index in [-0.39, 0.29) is 12.6 Å². The summed E-state index contributed by atoms with van der Waals surface area (Å²) in [4.78, 5) is 2.04. The SMILES string of the molecule is CN(C)c1cccc([C@@H](N)CCO)c1. The van der Waals surface area contributed by atoms with Crippen LogP contribution in [0.1, 0.15) is 18.0 Å². The Morgan fingerprint density at radius 1 is 1.43 bits per heavy atom. The first-order valence-corrected chi connectivity index (χ1v) is 4.79. The summed E-state index contributed by atoms with van der Waals surface area (Å²) in [6, 6.07) is 8.00. The van der Waals surface area contributed by atoms with E-state index in [0.29, 0.717) is 6.42 Å². The molecule has 1 aromatic carbocycles. The monoisotopic (exact) mass is 194 g/mol. The van der Waals surface area contributed by atoms with Gasteiger partial charge in [-0.25, -0.2) is 0 Å². The summed E-state index contributed by atoms with van der Waals surface area (Å²) in [5.74, 6) is 0. The lowest BCUT2D eigenvalue weighted by atomic mass is 10.0. The predicted molar refractivity (Wildman–Crippen MR) is 59.4 cm³/mol. The first-order chi connectivity index (χ1) is 6.65. The van der Waals surface area contributed by atoms with Crippen LogP contribution in [0.15, 0.2) is 24.3 Å². The highest BCUT2D eigenvalue weighted by atomic mass is 16.3. The Morgan fingerprint density at radius 2 is 2.14 bits per heavy atom. The minimum Gasteiger partial charge on any atom is -0.396 e. The minimum absolute atomic E-state index is 0.0695. The molecule has 0 unspecified atom stereocenters. The first kappa shape index (κ1) is 11.0. The van der Waals surface area contributed by atoms with Crippen molar-refractivity contribution in [3.05, 3.63) is 29.8 Å². The molecule has 0 radical (unpaired) electrons. The average Bonchev–Trinajstić information content (AvgIpc) is 2.18. The number of rotatable bonds is 4. The minimum atomic E-state index is -0.0695. The molecule has 0 bridgehead atoms. The van der Waals surface area contributed by atoms with E-state index in [9.17, 15) is 0 Å². The summed E-state index contributed by atoms with van der Waals surface area (Å²) >= 11 is 0. The molecule has 0 aliphatic heterocycles. The van der Waals surface area contributed by atoms with Gasteiger partial charge in [0.2, 0.25) is 0 Å². The molecule has 0 saturated carbocycles. The van der Waals surface area contributed by atoms with Crippen molar-refractivity contribution < 1.29 is 5.11 Å². The van der Waals surface area contributed by atoms with Crippen LogP contribution < -0.4 is 10.6 Å². The highest BCUT2D eigenvalue weighted by molar-refractivity contribution is 5.47. The van der Waals surface area contributed by atoms with Crippen LogP contribution in [-0.4, -0.2) is 25.8 Å². The van der Waals surface area contributed by atoms with Gasteiger partial charge in [0.15, 0.2) is 0 Å². The maximum absolute atomic E-state index is 8.79. The number of anilines is 1. The van der Waals surface area contributed by atoms with E-state index >= 15 is 0 Å². The molecular formula is C11H18N2O. The van der Waals surface area contributed by atoms with Gasteiger partial charge in [-0.05, 0) is 24.1 Å². The van der Waals surface area contributed by atoms with Crippen LogP contribution >= 0.6 is 0 Å². The molecule has 0 fully saturated rings. The number of aliphatic hydroxyl groups excluding tert-OH is 1. The molecule has 0 heterocycles. The van der Waals surface area contributed by atoms with E-state index in [2.05, 4.69) is 6.07 Å². The van der Waals surface area contributed by atoms with Gasteiger partial charge in [0.05, 0.1) is 0 Å². The second-order valence-corrected chi connectivity index (χ2v) is 3.61. The number of hydrogen-bond acceptors (Lipinski definition) is 3. The Kier molecular flexibility index (Phi) is 3.92. The summed E-state index contributed by atoms with van der Waals surface area (Å²) in [5.41, 5.74) is 8.11.